The molecule has 26 nitrogen and oxygen atoms in total. The Balaban J connectivity index is -0.000000305. The first-order chi connectivity index (χ1) is 50.3. The maximum atomic E-state index is 13.2. The van der Waals surface area contributed by atoms with Crippen LogP contribution < -0.4 is 51.4 Å². The van der Waals surface area contributed by atoms with Crippen molar-refractivity contribution in [3.63, 3.8) is 0 Å². The normalized spacial score (nSPS) is 12.8. The first-order valence-electron chi connectivity index (χ1n) is 39.7. The summed E-state index contributed by atoms with van der Waals surface area (Å²) in [6.07, 6.45) is 12.1. The fraction of sp³-hybridized carbons (Fsp3) is 0.846. The molecule has 0 bridgehead atoms. The molecule has 110 heavy (non-hydrogen) atoms. The van der Waals surface area contributed by atoms with E-state index >= 15 is 0 Å². The molecule has 0 spiro atoms. The van der Waals surface area contributed by atoms with Crippen molar-refractivity contribution in [2.24, 2.45) is 34.0 Å². The molecule has 32 heteroatoms. The molecule has 0 radical (unpaired) electrons. The second-order valence-corrected chi connectivity index (χ2v) is 46.5. The van der Waals surface area contributed by atoms with Crippen LogP contribution >= 0.6 is 0 Å². The summed E-state index contributed by atoms with van der Waals surface area (Å²) < 4.78 is 43.4. The summed E-state index contributed by atoms with van der Waals surface area (Å²) in [7, 11) is 8.11. The molecule has 0 saturated heterocycles. The van der Waals surface area contributed by atoms with Crippen LogP contribution in [0.1, 0.15) is 188 Å². The second-order valence-electron chi connectivity index (χ2n) is 31.8. The predicted octanol–water partition coefficient (Wildman–Crippen LogP) is 4.85. The Kier molecular flexibility index (Phi) is 68.9. The van der Waals surface area contributed by atoms with Gasteiger partial charge in [-0.15, -0.1) is 0 Å². The van der Waals surface area contributed by atoms with Gasteiger partial charge in [0.25, 0.3) is 0 Å². The van der Waals surface area contributed by atoms with Crippen LogP contribution in [-0.2, 0) is 74.1 Å². The molecule has 0 aromatic rings. The number of halogens is 2. The topological polar surface area (TPSA) is 304 Å². The number of amides is 5. The van der Waals surface area contributed by atoms with Crippen LogP contribution in [-0.4, -0.2) is 268 Å². The zero-order valence-electron chi connectivity index (χ0n) is 75.1. The van der Waals surface area contributed by atoms with Crippen molar-refractivity contribution in [1.29, 1.82) is 0 Å². The smallest absolute Gasteiger partial charge is 1.00 e. The summed E-state index contributed by atoms with van der Waals surface area (Å²) in [6.45, 7) is 51.5. The third kappa shape index (κ3) is 57.5. The lowest BCUT2D eigenvalue weighted by Crippen LogP contribution is -3.00. The SMILES string of the molecule is C=C(C)C(=O)OCCC[Si](O)(OC)OC.C=CC(=O)NCCN(C)CC.CCC(CC(C)(C)C(=O)CCCC[Si](OC)(OC)OC)C(=O)NCCCN(C)CC.CCC(CC(C)(C)C(=O)NCCC[Si](C)(C)O[Si](C)(C)CCOC(=O)C(C)(C)CC(CC)C(=O)NCCCN(C)CC)C(=O)NCCCCN(C)C.[Cl-].[Cl-].[H+]. The maximum Gasteiger partial charge on any atom is 1.00 e. The van der Waals surface area contributed by atoms with Crippen LogP contribution in [0.5, 0.6) is 0 Å². The molecule has 0 aliphatic rings. The average Bonchev–Trinajstić information content (AvgIpc) is 0.839. The fourth-order valence-electron chi connectivity index (χ4n) is 11.4. The number of Topliss-reactive ketones (excluding diaryl/α,β-unsaturated/α-hetero) is 1. The van der Waals surface area contributed by atoms with Crippen LogP contribution in [0.15, 0.2) is 24.8 Å². The van der Waals surface area contributed by atoms with Crippen molar-refractivity contribution < 1.29 is 105 Å². The van der Waals surface area contributed by atoms with Gasteiger partial charge in [0, 0.05) is 127 Å². The van der Waals surface area contributed by atoms with Gasteiger partial charge in [0.2, 0.25) is 29.5 Å². The number of hydrogen-bond donors (Lipinski definition) is 6. The van der Waals surface area contributed by atoms with Crippen LogP contribution in [0, 0.1) is 34.0 Å². The molecular formula is C78H162Cl2N9O17Si4-. The standard InChI is InChI=1S/C39H81N5O6Si2.C22H46N2O5Si.C9H18O5Si.C8H16N2O.2ClH/c1-15-32(34(45)40-22-18-19-25-43(8)9)30-38(4,5)36(47)42-24-21-28-51(11,12)50-52(13,14)29-27-49-37(48)39(6,7)31-33(16-2)35(46)41-23-20-26-44(10)17-3;1-9-19(21(26)23-15-13-16-24(5)10-2)18-22(3,4)20(25)14-11-12-17-30(27-6,28-7)29-8;1-8(2)9(10)14-6-5-7-15(11,12-3)13-4;1-4-8(11)9-6-7-10(3)5-2;;/h32-33H,15-31H2,1-14H3,(H,40,45)(H,41,46)(H,42,47);19H,9-18H2,1-8H3,(H,23,26);11H,1,5-7H2,2-4H3;4H,1,5-7H2,2-3H3,(H,9,11);2*1H/p-1. The predicted molar refractivity (Wildman–Crippen MR) is 448 cm³/mol. The monoisotopic (exact) mass is 1680 g/mol. The van der Waals surface area contributed by atoms with E-state index in [9.17, 15) is 43.2 Å². The first kappa shape index (κ1) is 117. The van der Waals surface area contributed by atoms with Crippen molar-refractivity contribution >= 4 is 81.5 Å². The van der Waals surface area contributed by atoms with E-state index in [0.717, 1.165) is 103 Å². The van der Waals surface area contributed by atoms with Crippen molar-refractivity contribution in [3.05, 3.63) is 24.8 Å². The highest BCUT2D eigenvalue weighted by molar-refractivity contribution is 6.84. The van der Waals surface area contributed by atoms with Crippen molar-refractivity contribution in [3.8, 4) is 0 Å². The molecule has 0 rings (SSSR count). The van der Waals surface area contributed by atoms with Crippen LogP contribution in [0.4, 0.5) is 0 Å². The van der Waals surface area contributed by atoms with E-state index < -0.39 is 56.5 Å². The van der Waals surface area contributed by atoms with Gasteiger partial charge in [-0.3, -0.25) is 33.6 Å². The quantitative estimate of drug-likeness (QED) is 0.0205. The lowest BCUT2D eigenvalue weighted by molar-refractivity contribution is -0.155. The first-order valence-corrected chi connectivity index (χ1v) is 49.9. The van der Waals surface area contributed by atoms with Crippen molar-refractivity contribution in [1.82, 2.24) is 46.2 Å². The summed E-state index contributed by atoms with van der Waals surface area (Å²) in [6, 6.07) is 2.66. The maximum absolute atomic E-state index is 13.2. The average molecular weight is 1680 g/mol. The molecule has 0 saturated carbocycles. The van der Waals surface area contributed by atoms with E-state index in [2.05, 4.69) is 120 Å². The molecule has 652 valence electrons. The summed E-state index contributed by atoms with van der Waals surface area (Å²) in [5.41, 5.74) is -1.57. The number of esters is 2. The van der Waals surface area contributed by atoms with Crippen LogP contribution in [0.3, 0.4) is 0 Å². The third-order valence-corrected chi connectivity index (χ3v) is 31.9. The van der Waals surface area contributed by atoms with E-state index in [0.29, 0.717) is 108 Å². The lowest BCUT2D eigenvalue weighted by atomic mass is 9.76. The Morgan fingerprint density at radius 1 is 0.482 bits per heavy atom. The number of ketones is 1. The molecule has 3 unspecified atom stereocenters. The molecule has 6 N–H and O–H groups in total. The highest BCUT2D eigenvalue weighted by atomic mass is 35.5. The molecular weight excluding hydrogens is 1520 g/mol. The van der Waals surface area contributed by atoms with Gasteiger partial charge < -0.3 is 112 Å². The van der Waals surface area contributed by atoms with Gasteiger partial charge in [0.05, 0.1) is 18.6 Å². The highest BCUT2D eigenvalue weighted by Crippen LogP contribution is 2.33. The van der Waals surface area contributed by atoms with E-state index in [4.69, 9.17) is 35.7 Å². The van der Waals surface area contributed by atoms with Crippen LogP contribution in [0.2, 0.25) is 50.4 Å². The van der Waals surface area contributed by atoms with Gasteiger partial charge in [-0.1, -0.05) is 82.4 Å². The van der Waals surface area contributed by atoms with Crippen molar-refractivity contribution in [2.45, 2.75) is 237 Å². The van der Waals surface area contributed by atoms with Gasteiger partial charge in [-0.05, 0) is 230 Å². The lowest BCUT2D eigenvalue weighted by Gasteiger charge is -2.34. The Morgan fingerprint density at radius 2 is 0.909 bits per heavy atom. The minimum atomic E-state index is -3.01. The van der Waals surface area contributed by atoms with E-state index in [-0.39, 0.29) is 91.9 Å². The number of carbonyl (C=O) groups excluding carboxylic acids is 8. The zero-order chi connectivity index (χ0) is 84.0. The molecule has 3 atom stereocenters. The Hall–Kier alpha value is -3.55. The highest BCUT2D eigenvalue weighted by Gasteiger charge is 2.40. The van der Waals surface area contributed by atoms with E-state index in [1.807, 2.05) is 83.5 Å². The van der Waals surface area contributed by atoms with Crippen molar-refractivity contribution in [2.75, 3.05) is 163 Å². The van der Waals surface area contributed by atoms with Gasteiger partial charge in [0.15, 0.2) is 16.6 Å². The minimum Gasteiger partial charge on any atom is -1.00 e. The number of ether oxygens (including phenoxy) is 2. The fourth-order valence-corrected chi connectivity index (χ4v) is 22.8. The van der Waals surface area contributed by atoms with Gasteiger partial charge in [-0.25, -0.2) is 4.79 Å². The number of carbonyl (C=O) groups is 8. The third-order valence-electron chi connectivity index (χ3n) is 19.4. The number of nitrogens with zero attached hydrogens (tertiary/aromatic N) is 4. The number of nitrogens with one attached hydrogen (secondary N) is 5. The summed E-state index contributed by atoms with van der Waals surface area (Å²) in [5, 5.41) is 15.0. The number of unbranched alkanes of at least 4 members (excludes halogenated alkanes) is 2. The summed E-state index contributed by atoms with van der Waals surface area (Å²) >= 11 is 0. The second kappa shape index (κ2) is 64.6. The summed E-state index contributed by atoms with van der Waals surface area (Å²) in [5.74, 6) is -1.08. The minimum absolute atomic E-state index is 0. The molecule has 0 heterocycles. The zero-order valence-corrected chi connectivity index (χ0v) is 79.6. The summed E-state index contributed by atoms with van der Waals surface area (Å²) in [4.78, 5) is 117. The number of likely N-dealkylation sites (N-methyl/N-ethyl adjacent to an activating group) is 1. The largest absolute Gasteiger partial charge is 1.00 e. The molecule has 0 aliphatic carbocycles. The molecule has 0 aromatic heterocycles. The molecule has 0 aromatic carbocycles. The molecule has 5 amide bonds. The van der Waals surface area contributed by atoms with Crippen LogP contribution in [0.25, 0.3) is 0 Å². The molecule has 0 fully saturated rings. The van der Waals surface area contributed by atoms with Gasteiger partial charge >= 0.3 is 31.0 Å². The van der Waals surface area contributed by atoms with E-state index in [1.54, 1.807) is 28.3 Å². The Morgan fingerprint density at radius 3 is 1.33 bits per heavy atom. The Labute approximate surface area is 687 Å². The number of hydrogen-bond acceptors (Lipinski definition) is 21. The van der Waals surface area contributed by atoms with E-state index in [1.165, 1.54) is 20.3 Å². The van der Waals surface area contributed by atoms with Gasteiger partial charge in [0.1, 0.15) is 5.78 Å². The van der Waals surface area contributed by atoms with Gasteiger partial charge in [-0.2, -0.15) is 0 Å². The Bertz CT molecular complexity index is 2520. The molecule has 0 aliphatic heterocycles. The number of rotatable bonds is 59.